The summed E-state index contributed by atoms with van der Waals surface area (Å²) in [6, 6.07) is 10.3. The molecule has 0 spiro atoms. The summed E-state index contributed by atoms with van der Waals surface area (Å²) in [5.41, 5.74) is 2.73. The second-order valence-corrected chi connectivity index (χ2v) is 5.28. The summed E-state index contributed by atoms with van der Waals surface area (Å²) in [5.74, 6) is 0.509. The maximum Gasteiger partial charge on any atom is 0.255 e. The number of carbonyl (C=O) groups is 1. The van der Waals surface area contributed by atoms with Gasteiger partial charge in [-0.1, -0.05) is 12.1 Å². The molecule has 0 bridgehead atoms. The van der Waals surface area contributed by atoms with E-state index in [1.54, 1.807) is 37.4 Å². The van der Waals surface area contributed by atoms with Gasteiger partial charge in [-0.25, -0.2) is 0 Å². The molecular formula is C18H21NO4. The van der Waals surface area contributed by atoms with Crippen LogP contribution in [0, 0.1) is 13.8 Å². The van der Waals surface area contributed by atoms with Crippen molar-refractivity contribution in [2.75, 3.05) is 25.6 Å². The highest BCUT2D eigenvalue weighted by molar-refractivity contribution is 6.05. The Morgan fingerprint density at radius 2 is 1.91 bits per heavy atom. The molecule has 0 aliphatic rings. The lowest BCUT2D eigenvalue weighted by molar-refractivity contribution is 0.102. The second kappa shape index (κ2) is 7.65. The van der Waals surface area contributed by atoms with Crippen LogP contribution in [0.25, 0.3) is 0 Å². The Bertz CT molecular complexity index is 697. The van der Waals surface area contributed by atoms with E-state index in [1.165, 1.54) is 0 Å². The Balaban J connectivity index is 2.12. The third kappa shape index (κ3) is 4.47. The quantitative estimate of drug-likeness (QED) is 0.803. The summed E-state index contributed by atoms with van der Waals surface area (Å²) >= 11 is 0. The smallest absolute Gasteiger partial charge is 0.255 e. The molecule has 0 heterocycles. The van der Waals surface area contributed by atoms with Crippen LogP contribution >= 0.6 is 0 Å². The minimum absolute atomic E-state index is 0.155. The Morgan fingerprint density at radius 1 is 1.13 bits per heavy atom. The Labute approximate surface area is 135 Å². The van der Waals surface area contributed by atoms with Crippen molar-refractivity contribution < 1.29 is 19.4 Å². The molecular weight excluding hydrogens is 294 g/mol. The number of hydrogen-bond acceptors (Lipinski definition) is 4. The first-order valence-electron chi connectivity index (χ1n) is 7.34. The van der Waals surface area contributed by atoms with E-state index in [0.717, 1.165) is 11.1 Å². The molecule has 0 saturated heterocycles. The minimum Gasteiger partial charge on any atom is -0.508 e. The van der Waals surface area contributed by atoms with E-state index in [9.17, 15) is 9.90 Å². The van der Waals surface area contributed by atoms with Gasteiger partial charge in [0.25, 0.3) is 5.91 Å². The lowest BCUT2D eigenvalue weighted by Crippen LogP contribution is -2.13. The highest BCUT2D eigenvalue weighted by atomic mass is 16.5. The largest absolute Gasteiger partial charge is 0.508 e. The molecule has 0 unspecified atom stereocenters. The zero-order chi connectivity index (χ0) is 16.8. The number of anilines is 1. The molecule has 2 rings (SSSR count). The number of phenolic OH excluding ortho intramolecular Hbond substituents is 1. The second-order valence-electron chi connectivity index (χ2n) is 5.28. The van der Waals surface area contributed by atoms with Gasteiger partial charge in [0, 0.05) is 24.4 Å². The first-order chi connectivity index (χ1) is 11.0. The van der Waals surface area contributed by atoms with Crippen LogP contribution in [0.1, 0.15) is 21.5 Å². The van der Waals surface area contributed by atoms with Gasteiger partial charge < -0.3 is 19.9 Å². The van der Waals surface area contributed by atoms with E-state index in [0.29, 0.717) is 30.2 Å². The summed E-state index contributed by atoms with van der Waals surface area (Å²) in [6.07, 6.45) is 0. The zero-order valence-electron chi connectivity index (χ0n) is 13.6. The molecule has 1 amide bonds. The van der Waals surface area contributed by atoms with Gasteiger partial charge >= 0.3 is 0 Å². The van der Waals surface area contributed by atoms with Gasteiger partial charge in [-0.15, -0.1) is 0 Å². The van der Waals surface area contributed by atoms with E-state index >= 15 is 0 Å². The molecule has 2 aromatic carbocycles. The summed E-state index contributed by atoms with van der Waals surface area (Å²) in [6.45, 7) is 4.60. The maximum atomic E-state index is 12.4. The highest BCUT2D eigenvalue weighted by Gasteiger charge is 2.10. The summed E-state index contributed by atoms with van der Waals surface area (Å²) in [7, 11) is 1.60. The molecule has 0 aromatic heterocycles. The lowest BCUT2D eigenvalue weighted by atomic mass is 10.1. The van der Waals surface area contributed by atoms with E-state index in [4.69, 9.17) is 9.47 Å². The Hall–Kier alpha value is -2.53. The van der Waals surface area contributed by atoms with Gasteiger partial charge in [0.1, 0.15) is 18.1 Å². The van der Waals surface area contributed by atoms with Gasteiger partial charge in [-0.2, -0.15) is 0 Å². The molecule has 0 aliphatic heterocycles. The fraction of sp³-hybridized carbons (Fsp3) is 0.278. The Morgan fingerprint density at radius 3 is 2.65 bits per heavy atom. The van der Waals surface area contributed by atoms with Crippen molar-refractivity contribution in [2.24, 2.45) is 0 Å². The summed E-state index contributed by atoms with van der Waals surface area (Å²) < 4.78 is 10.4. The van der Waals surface area contributed by atoms with Gasteiger partial charge in [-0.3, -0.25) is 4.79 Å². The molecule has 0 fully saturated rings. The summed E-state index contributed by atoms with van der Waals surface area (Å²) in [5, 5.41) is 12.6. The van der Waals surface area contributed by atoms with Crippen LogP contribution in [0.2, 0.25) is 0 Å². The average molecular weight is 315 g/mol. The van der Waals surface area contributed by atoms with Crippen LogP contribution < -0.4 is 10.1 Å². The number of phenols is 1. The molecule has 2 aromatic rings. The van der Waals surface area contributed by atoms with Crippen LogP contribution in [-0.4, -0.2) is 31.3 Å². The molecule has 2 N–H and O–H groups in total. The normalized spacial score (nSPS) is 10.4. The van der Waals surface area contributed by atoms with Gasteiger partial charge in [0.2, 0.25) is 0 Å². The number of nitrogens with one attached hydrogen (secondary N) is 1. The molecule has 0 aliphatic carbocycles. The van der Waals surface area contributed by atoms with E-state index in [2.05, 4.69) is 5.32 Å². The van der Waals surface area contributed by atoms with Crippen LogP contribution in [0.4, 0.5) is 5.69 Å². The third-order valence-corrected chi connectivity index (χ3v) is 3.44. The first-order valence-corrected chi connectivity index (χ1v) is 7.34. The molecule has 5 nitrogen and oxygen atoms in total. The fourth-order valence-corrected chi connectivity index (χ4v) is 2.14. The summed E-state index contributed by atoms with van der Waals surface area (Å²) in [4.78, 5) is 12.4. The lowest BCUT2D eigenvalue weighted by Gasteiger charge is -2.11. The minimum atomic E-state index is -0.256. The van der Waals surface area contributed by atoms with Crippen molar-refractivity contribution >= 4 is 11.6 Å². The number of methoxy groups -OCH3 is 1. The molecule has 122 valence electrons. The molecule has 23 heavy (non-hydrogen) atoms. The van der Waals surface area contributed by atoms with Crippen molar-refractivity contribution in [3.63, 3.8) is 0 Å². The number of ether oxygens (including phenoxy) is 2. The van der Waals surface area contributed by atoms with E-state index < -0.39 is 0 Å². The molecule has 0 saturated carbocycles. The number of aromatic hydroxyl groups is 1. The van der Waals surface area contributed by atoms with Crippen molar-refractivity contribution in [3.05, 3.63) is 53.1 Å². The topological polar surface area (TPSA) is 67.8 Å². The first kappa shape index (κ1) is 16.8. The Kier molecular flexibility index (Phi) is 5.60. The predicted molar refractivity (Wildman–Crippen MR) is 89.3 cm³/mol. The number of amides is 1. The number of hydrogen-bond donors (Lipinski definition) is 2. The van der Waals surface area contributed by atoms with Crippen LogP contribution in [0.3, 0.4) is 0 Å². The number of benzene rings is 2. The fourth-order valence-electron chi connectivity index (χ4n) is 2.14. The van der Waals surface area contributed by atoms with Gasteiger partial charge in [-0.05, 0) is 43.2 Å². The standard InChI is InChI=1S/C18H21NO4/c1-12-9-13(2)17(20)11-16(12)19-18(21)14-5-4-6-15(10-14)23-8-7-22-3/h4-6,9-11,20H,7-8H2,1-3H3,(H,19,21). The van der Waals surface area contributed by atoms with Crippen molar-refractivity contribution in [1.82, 2.24) is 0 Å². The SMILES string of the molecule is COCCOc1cccc(C(=O)Nc2cc(O)c(C)cc2C)c1. The van der Waals surface area contributed by atoms with Crippen molar-refractivity contribution in [1.29, 1.82) is 0 Å². The number of rotatable bonds is 6. The van der Waals surface area contributed by atoms with E-state index in [1.807, 2.05) is 19.9 Å². The van der Waals surface area contributed by atoms with Crippen LogP contribution in [-0.2, 0) is 4.74 Å². The molecule has 0 radical (unpaired) electrons. The van der Waals surface area contributed by atoms with E-state index in [-0.39, 0.29) is 11.7 Å². The average Bonchev–Trinajstić information content (AvgIpc) is 2.53. The zero-order valence-corrected chi connectivity index (χ0v) is 13.6. The third-order valence-electron chi connectivity index (χ3n) is 3.44. The van der Waals surface area contributed by atoms with Gasteiger partial charge in [0.15, 0.2) is 0 Å². The maximum absolute atomic E-state index is 12.4. The number of aryl methyl sites for hydroxylation is 2. The highest BCUT2D eigenvalue weighted by Crippen LogP contribution is 2.26. The van der Waals surface area contributed by atoms with Crippen molar-refractivity contribution in [3.8, 4) is 11.5 Å². The monoisotopic (exact) mass is 315 g/mol. The number of carbonyl (C=O) groups excluding carboxylic acids is 1. The molecule has 0 atom stereocenters. The van der Waals surface area contributed by atoms with Crippen LogP contribution in [0.5, 0.6) is 11.5 Å². The van der Waals surface area contributed by atoms with Gasteiger partial charge in [0.05, 0.1) is 6.61 Å². The predicted octanol–water partition coefficient (Wildman–Crippen LogP) is 3.29. The molecule has 5 heteroatoms. The van der Waals surface area contributed by atoms with Crippen LogP contribution in [0.15, 0.2) is 36.4 Å². The van der Waals surface area contributed by atoms with Crippen molar-refractivity contribution in [2.45, 2.75) is 13.8 Å².